The number of benzene rings is 2. The molecule has 0 saturated heterocycles. The summed E-state index contributed by atoms with van der Waals surface area (Å²) in [5.41, 5.74) is -0.339. The lowest BCUT2D eigenvalue weighted by Gasteiger charge is -2.10. The maximum Gasteiger partial charge on any atom is 0.416 e. The van der Waals surface area contributed by atoms with Crippen molar-refractivity contribution in [3.05, 3.63) is 64.1 Å². The zero-order valence-electron chi connectivity index (χ0n) is 11.1. The van der Waals surface area contributed by atoms with Gasteiger partial charge in [0.1, 0.15) is 0 Å². The first-order valence-electron chi connectivity index (χ1n) is 6.10. The van der Waals surface area contributed by atoms with Gasteiger partial charge in [-0.3, -0.25) is 0 Å². The monoisotopic (exact) mass is 393 g/mol. The minimum absolute atomic E-state index is 0.0712. The molecule has 0 aliphatic rings. The van der Waals surface area contributed by atoms with Crippen LogP contribution in [0.4, 0.5) is 13.2 Å². The molecule has 3 nitrogen and oxygen atoms in total. The topological polar surface area (TPSA) is 46.2 Å². The molecule has 0 atom stereocenters. The zero-order valence-corrected chi connectivity index (χ0v) is 13.5. The van der Waals surface area contributed by atoms with Crippen LogP contribution in [0.25, 0.3) is 0 Å². The van der Waals surface area contributed by atoms with Crippen molar-refractivity contribution >= 4 is 26.0 Å². The standard InChI is InChI=1S/C14H11BrF3NO2S/c15-12-3-1-2-4-13(12)22(20,21)19-9-10-5-7-11(8-6-10)14(16,17)18/h1-8,19H,9H2. The Kier molecular flexibility index (Phi) is 4.93. The largest absolute Gasteiger partial charge is 0.416 e. The third-order valence-electron chi connectivity index (χ3n) is 2.87. The Morgan fingerprint density at radius 2 is 1.59 bits per heavy atom. The smallest absolute Gasteiger partial charge is 0.207 e. The minimum atomic E-state index is -4.41. The van der Waals surface area contributed by atoms with Crippen molar-refractivity contribution in [1.29, 1.82) is 0 Å². The lowest BCUT2D eigenvalue weighted by atomic mass is 10.1. The van der Waals surface area contributed by atoms with Gasteiger partial charge in [-0.05, 0) is 45.8 Å². The van der Waals surface area contributed by atoms with Crippen molar-refractivity contribution in [2.75, 3.05) is 0 Å². The second kappa shape index (κ2) is 6.39. The van der Waals surface area contributed by atoms with Gasteiger partial charge in [-0.1, -0.05) is 24.3 Å². The van der Waals surface area contributed by atoms with Crippen LogP contribution in [-0.4, -0.2) is 8.42 Å². The van der Waals surface area contributed by atoms with Crippen LogP contribution >= 0.6 is 15.9 Å². The Labute approximate surface area is 134 Å². The molecule has 118 valence electrons. The average Bonchev–Trinajstić information content (AvgIpc) is 2.45. The van der Waals surface area contributed by atoms with Gasteiger partial charge in [-0.2, -0.15) is 13.2 Å². The van der Waals surface area contributed by atoms with Gasteiger partial charge in [-0.25, -0.2) is 13.1 Å². The maximum absolute atomic E-state index is 12.4. The molecule has 0 fully saturated rings. The molecular weight excluding hydrogens is 383 g/mol. The molecule has 0 heterocycles. The molecule has 0 amide bonds. The summed E-state index contributed by atoms with van der Waals surface area (Å²) in [5.74, 6) is 0. The molecule has 0 aliphatic heterocycles. The van der Waals surface area contributed by atoms with Crippen LogP contribution in [0.5, 0.6) is 0 Å². The predicted molar refractivity (Wildman–Crippen MR) is 79.6 cm³/mol. The summed E-state index contributed by atoms with van der Waals surface area (Å²) in [6.45, 7) is -0.0954. The van der Waals surface area contributed by atoms with Crippen molar-refractivity contribution in [2.24, 2.45) is 0 Å². The van der Waals surface area contributed by atoms with Crippen molar-refractivity contribution in [2.45, 2.75) is 17.6 Å². The normalized spacial score (nSPS) is 12.4. The van der Waals surface area contributed by atoms with Gasteiger partial charge in [-0.15, -0.1) is 0 Å². The summed E-state index contributed by atoms with van der Waals surface area (Å²) in [7, 11) is -3.75. The zero-order chi connectivity index (χ0) is 16.4. The van der Waals surface area contributed by atoms with E-state index >= 15 is 0 Å². The summed E-state index contributed by atoms with van der Waals surface area (Å²) < 4.78 is 64.4. The van der Waals surface area contributed by atoms with Gasteiger partial charge in [0, 0.05) is 11.0 Å². The van der Waals surface area contributed by atoms with E-state index in [1.54, 1.807) is 18.2 Å². The fourth-order valence-corrected chi connectivity index (χ4v) is 3.75. The van der Waals surface area contributed by atoms with E-state index in [9.17, 15) is 21.6 Å². The highest BCUT2D eigenvalue weighted by atomic mass is 79.9. The Morgan fingerprint density at radius 1 is 1.00 bits per heavy atom. The van der Waals surface area contributed by atoms with E-state index in [1.165, 1.54) is 18.2 Å². The van der Waals surface area contributed by atoms with E-state index in [1.807, 2.05) is 0 Å². The number of sulfonamides is 1. The molecule has 0 saturated carbocycles. The molecule has 0 aliphatic carbocycles. The van der Waals surface area contributed by atoms with Gasteiger partial charge < -0.3 is 0 Å². The SMILES string of the molecule is O=S(=O)(NCc1ccc(C(F)(F)F)cc1)c1ccccc1Br. The summed E-state index contributed by atoms with van der Waals surface area (Å²) in [4.78, 5) is 0.0712. The first-order chi connectivity index (χ1) is 10.2. The molecule has 2 rings (SSSR count). The van der Waals surface area contributed by atoms with Crippen LogP contribution in [0.3, 0.4) is 0 Å². The highest BCUT2D eigenvalue weighted by Crippen LogP contribution is 2.29. The van der Waals surface area contributed by atoms with E-state index in [0.29, 0.717) is 10.0 Å². The van der Waals surface area contributed by atoms with E-state index < -0.39 is 21.8 Å². The molecule has 0 unspecified atom stereocenters. The first-order valence-corrected chi connectivity index (χ1v) is 8.38. The van der Waals surface area contributed by atoms with Gasteiger partial charge in [0.15, 0.2) is 0 Å². The molecule has 0 bridgehead atoms. The maximum atomic E-state index is 12.4. The summed E-state index contributed by atoms with van der Waals surface area (Å²) in [5, 5.41) is 0. The number of hydrogen-bond donors (Lipinski definition) is 1. The van der Waals surface area contributed by atoms with Crippen molar-refractivity contribution in [3.8, 4) is 0 Å². The van der Waals surface area contributed by atoms with Crippen molar-refractivity contribution < 1.29 is 21.6 Å². The fraction of sp³-hybridized carbons (Fsp3) is 0.143. The summed E-state index contributed by atoms with van der Waals surface area (Å²) >= 11 is 3.15. The number of nitrogens with one attached hydrogen (secondary N) is 1. The van der Waals surface area contributed by atoms with Gasteiger partial charge in [0.2, 0.25) is 10.0 Å². The molecule has 22 heavy (non-hydrogen) atoms. The first kappa shape index (κ1) is 17.0. The molecule has 1 N–H and O–H groups in total. The van der Waals surface area contributed by atoms with Gasteiger partial charge >= 0.3 is 6.18 Å². The highest BCUT2D eigenvalue weighted by molar-refractivity contribution is 9.10. The van der Waals surface area contributed by atoms with Gasteiger partial charge in [0.25, 0.3) is 0 Å². The van der Waals surface area contributed by atoms with E-state index in [0.717, 1.165) is 12.1 Å². The van der Waals surface area contributed by atoms with E-state index in [4.69, 9.17) is 0 Å². The molecule has 8 heteroatoms. The fourth-order valence-electron chi connectivity index (χ4n) is 1.73. The van der Waals surface area contributed by atoms with Crippen LogP contribution in [0, 0.1) is 0 Å². The third-order valence-corrected chi connectivity index (χ3v) is 5.29. The Balaban J connectivity index is 2.11. The highest BCUT2D eigenvalue weighted by Gasteiger charge is 2.29. The number of halogens is 4. The molecule has 0 aromatic heterocycles. The molecule has 2 aromatic rings. The van der Waals surface area contributed by atoms with Crippen LogP contribution in [0.2, 0.25) is 0 Å². The summed E-state index contributed by atoms with van der Waals surface area (Å²) in [6.07, 6.45) is -4.41. The van der Waals surface area contributed by atoms with Crippen LogP contribution in [-0.2, 0) is 22.7 Å². The van der Waals surface area contributed by atoms with Crippen molar-refractivity contribution in [1.82, 2.24) is 4.72 Å². The molecule has 0 radical (unpaired) electrons. The average molecular weight is 394 g/mol. The second-order valence-electron chi connectivity index (χ2n) is 4.45. The number of hydrogen-bond acceptors (Lipinski definition) is 2. The number of alkyl halides is 3. The minimum Gasteiger partial charge on any atom is -0.207 e. The van der Waals surface area contributed by atoms with E-state index in [-0.39, 0.29) is 11.4 Å². The predicted octanol–water partition coefficient (Wildman–Crippen LogP) is 3.95. The lowest BCUT2D eigenvalue weighted by molar-refractivity contribution is -0.137. The molecule has 0 spiro atoms. The quantitative estimate of drug-likeness (QED) is 0.854. The summed E-state index contributed by atoms with van der Waals surface area (Å²) in [6, 6.07) is 10.6. The number of rotatable bonds is 4. The van der Waals surface area contributed by atoms with Crippen LogP contribution in [0.15, 0.2) is 57.9 Å². The molecular formula is C14H11BrF3NO2S. The van der Waals surface area contributed by atoms with E-state index in [2.05, 4.69) is 20.7 Å². The second-order valence-corrected chi connectivity index (χ2v) is 7.04. The van der Waals surface area contributed by atoms with Crippen LogP contribution in [0.1, 0.15) is 11.1 Å². The van der Waals surface area contributed by atoms with Crippen molar-refractivity contribution in [3.63, 3.8) is 0 Å². The Bertz CT molecular complexity index is 758. The molecule has 2 aromatic carbocycles. The van der Waals surface area contributed by atoms with Gasteiger partial charge in [0.05, 0.1) is 10.5 Å². The Hall–Kier alpha value is -1.38. The third kappa shape index (κ3) is 4.08. The lowest BCUT2D eigenvalue weighted by Crippen LogP contribution is -2.23. The van der Waals surface area contributed by atoms with Crippen LogP contribution < -0.4 is 4.72 Å². The Morgan fingerprint density at radius 3 is 2.14 bits per heavy atom.